The van der Waals surface area contributed by atoms with Crippen LogP contribution in [0.4, 0.5) is 0 Å². The van der Waals surface area contributed by atoms with E-state index in [0.717, 1.165) is 18.4 Å². The molecule has 0 unspecified atom stereocenters. The molecular weight excluding hydrogens is 204 g/mol. The van der Waals surface area contributed by atoms with Crippen LogP contribution in [-0.2, 0) is 9.53 Å². The SMILES string of the molecule is CCCCOC(=O)[C@@H](CO)c1ccccc1. The number of rotatable bonds is 6. The molecule has 88 valence electrons. The number of carbonyl (C=O) groups is 1. The van der Waals surface area contributed by atoms with Gasteiger partial charge in [0.1, 0.15) is 5.92 Å². The second-order valence-electron chi connectivity index (χ2n) is 3.67. The van der Waals surface area contributed by atoms with E-state index >= 15 is 0 Å². The quantitative estimate of drug-likeness (QED) is 0.592. The Balaban J connectivity index is 2.57. The highest BCUT2D eigenvalue weighted by molar-refractivity contribution is 5.78. The van der Waals surface area contributed by atoms with Crippen LogP contribution >= 0.6 is 0 Å². The molecule has 0 aliphatic rings. The maximum absolute atomic E-state index is 11.7. The third-order valence-electron chi connectivity index (χ3n) is 2.41. The van der Waals surface area contributed by atoms with Crippen molar-refractivity contribution < 1.29 is 14.6 Å². The van der Waals surface area contributed by atoms with Crippen LogP contribution in [0.1, 0.15) is 31.2 Å². The van der Waals surface area contributed by atoms with Gasteiger partial charge >= 0.3 is 5.97 Å². The first-order valence-electron chi connectivity index (χ1n) is 5.62. The highest BCUT2D eigenvalue weighted by Gasteiger charge is 2.20. The minimum atomic E-state index is -0.557. The van der Waals surface area contributed by atoms with Crippen LogP contribution in [0.3, 0.4) is 0 Å². The number of hydrogen-bond acceptors (Lipinski definition) is 3. The van der Waals surface area contributed by atoms with E-state index < -0.39 is 5.92 Å². The molecule has 16 heavy (non-hydrogen) atoms. The van der Waals surface area contributed by atoms with Crippen molar-refractivity contribution in [3.8, 4) is 0 Å². The van der Waals surface area contributed by atoms with Crippen molar-refractivity contribution in [1.82, 2.24) is 0 Å². The molecule has 1 aromatic rings. The van der Waals surface area contributed by atoms with E-state index in [2.05, 4.69) is 0 Å². The summed E-state index contributed by atoms with van der Waals surface area (Å²) in [5.74, 6) is -0.903. The van der Waals surface area contributed by atoms with Gasteiger partial charge in [-0.25, -0.2) is 0 Å². The molecule has 0 aromatic heterocycles. The molecule has 3 nitrogen and oxygen atoms in total. The summed E-state index contributed by atoms with van der Waals surface area (Å²) in [6.45, 7) is 2.25. The van der Waals surface area contributed by atoms with Gasteiger partial charge in [-0.05, 0) is 12.0 Å². The van der Waals surface area contributed by atoms with E-state index in [1.165, 1.54) is 0 Å². The number of carbonyl (C=O) groups excluding carboxylic acids is 1. The lowest BCUT2D eigenvalue weighted by molar-refractivity contribution is -0.146. The van der Waals surface area contributed by atoms with E-state index in [1.807, 2.05) is 37.3 Å². The van der Waals surface area contributed by atoms with E-state index in [1.54, 1.807) is 0 Å². The highest BCUT2D eigenvalue weighted by atomic mass is 16.5. The van der Waals surface area contributed by atoms with Crippen LogP contribution in [0.2, 0.25) is 0 Å². The normalized spacial score (nSPS) is 12.1. The summed E-state index contributed by atoms with van der Waals surface area (Å²) in [5.41, 5.74) is 0.798. The number of aliphatic hydroxyl groups is 1. The molecule has 0 heterocycles. The Hall–Kier alpha value is -1.35. The predicted octanol–water partition coefficient (Wildman–Crippen LogP) is 2.11. The number of unbranched alkanes of at least 4 members (excludes halogenated alkanes) is 1. The molecule has 0 amide bonds. The first-order valence-corrected chi connectivity index (χ1v) is 5.62. The lowest BCUT2D eigenvalue weighted by Crippen LogP contribution is -2.19. The number of hydrogen-bond donors (Lipinski definition) is 1. The molecule has 1 N–H and O–H groups in total. The summed E-state index contributed by atoms with van der Waals surface area (Å²) in [6, 6.07) is 9.21. The maximum atomic E-state index is 11.7. The Bertz CT molecular complexity index is 308. The zero-order valence-corrected chi connectivity index (χ0v) is 9.56. The zero-order chi connectivity index (χ0) is 11.8. The largest absolute Gasteiger partial charge is 0.465 e. The third-order valence-corrected chi connectivity index (χ3v) is 2.41. The monoisotopic (exact) mass is 222 g/mol. The molecule has 0 saturated heterocycles. The van der Waals surface area contributed by atoms with Crippen molar-refractivity contribution in [2.75, 3.05) is 13.2 Å². The zero-order valence-electron chi connectivity index (χ0n) is 9.56. The summed E-state index contributed by atoms with van der Waals surface area (Å²) < 4.78 is 5.09. The molecule has 0 aliphatic carbocycles. The van der Waals surface area contributed by atoms with Crippen LogP contribution in [-0.4, -0.2) is 24.3 Å². The van der Waals surface area contributed by atoms with Gasteiger partial charge in [0.05, 0.1) is 13.2 Å². The fraction of sp³-hybridized carbons (Fsp3) is 0.462. The van der Waals surface area contributed by atoms with Gasteiger partial charge in [-0.15, -0.1) is 0 Å². The second kappa shape index (κ2) is 7.01. The average Bonchev–Trinajstić information content (AvgIpc) is 2.32. The Morgan fingerprint density at radius 3 is 2.62 bits per heavy atom. The lowest BCUT2D eigenvalue weighted by atomic mass is 10.0. The van der Waals surface area contributed by atoms with Gasteiger partial charge in [-0.2, -0.15) is 0 Å². The smallest absolute Gasteiger partial charge is 0.315 e. The molecule has 0 fully saturated rings. The number of esters is 1. The van der Waals surface area contributed by atoms with Gasteiger partial charge in [0.15, 0.2) is 0 Å². The Labute approximate surface area is 96.1 Å². The molecule has 0 spiro atoms. The minimum Gasteiger partial charge on any atom is -0.465 e. The van der Waals surface area contributed by atoms with Crippen molar-refractivity contribution >= 4 is 5.97 Å². The van der Waals surface area contributed by atoms with Crippen molar-refractivity contribution in [2.45, 2.75) is 25.7 Å². The van der Waals surface area contributed by atoms with Gasteiger partial charge in [0.25, 0.3) is 0 Å². The van der Waals surface area contributed by atoms with Crippen molar-refractivity contribution in [3.05, 3.63) is 35.9 Å². The maximum Gasteiger partial charge on any atom is 0.315 e. The fourth-order valence-corrected chi connectivity index (χ4v) is 1.42. The van der Waals surface area contributed by atoms with Gasteiger partial charge < -0.3 is 9.84 Å². The lowest BCUT2D eigenvalue weighted by Gasteiger charge is -2.13. The van der Waals surface area contributed by atoms with Crippen LogP contribution in [0.5, 0.6) is 0 Å². The van der Waals surface area contributed by atoms with E-state index in [4.69, 9.17) is 4.74 Å². The molecule has 0 radical (unpaired) electrons. The predicted molar refractivity (Wildman–Crippen MR) is 62.1 cm³/mol. The van der Waals surface area contributed by atoms with Crippen LogP contribution in [0.15, 0.2) is 30.3 Å². The topological polar surface area (TPSA) is 46.5 Å². The van der Waals surface area contributed by atoms with E-state index in [-0.39, 0.29) is 12.6 Å². The van der Waals surface area contributed by atoms with Gasteiger partial charge in [-0.1, -0.05) is 43.7 Å². The van der Waals surface area contributed by atoms with Gasteiger partial charge in [0, 0.05) is 0 Å². The highest BCUT2D eigenvalue weighted by Crippen LogP contribution is 2.16. The van der Waals surface area contributed by atoms with Crippen LogP contribution in [0.25, 0.3) is 0 Å². The van der Waals surface area contributed by atoms with Crippen LogP contribution < -0.4 is 0 Å². The molecule has 0 saturated carbocycles. The Morgan fingerprint density at radius 2 is 2.06 bits per heavy atom. The van der Waals surface area contributed by atoms with Crippen molar-refractivity contribution in [3.63, 3.8) is 0 Å². The van der Waals surface area contributed by atoms with Crippen molar-refractivity contribution in [2.24, 2.45) is 0 Å². The molecule has 1 aromatic carbocycles. The summed E-state index contributed by atoms with van der Waals surface area (Å²) in [4.78, 5) is 11.7. The number of ether oxygens (including phenoxy) is 1. The van der Waals surface area contributed by atoms with Crippen molar-refractivity contribution in [1.29, 1.82) is 0 Å². The number of aliphatic hydroxyl groups excluding tert-OH is 1. The summed E-state index contributed by atoms with van der Waals surface area (Å²) in [6.07, 6.45) is 1.85. The standard InChI is InChI=1S/C13H18O3/c1-2-3-9-16-13(15)12(10-14)11-7-5-4-6-8-11/h4-8,12,14H,2-3,9-10H2,1H3/t12-/m0/s1. The Kier molecular flexibility index (Phi) is 5.57. The van der Waals surface area contributed by atoms with E-state index in [9.17, 15) is 9.90 Å². The molecule has 1 atom stereocenters. The average molecular weight is 222 g/mol. The third kappa shape index (κ3) is 3.66. The second-order valence-corrected chi connectivity index (χ2v) is 3.67. The molecular formula is C13H18O3. The molecule has 1 rings (SSSR count). The van der Waals surface area contributed by atoms with Crippen LogP contribution in [0, 0.1) is 0 Å². The van der Waals surface area contributed by atoms with Gasteiger partial charge in [-0.3, -0.25) is 4.79 Å². The fourth-order valence-electron chi connectivity index (χ4n) is 1.42. The summed E-state index contributed by atoms with van der Waals surface area (Å²) >= 11 is 0. The minimum absolute atomic E-state index is 0.213. The van der Waals surface area contributed by atoms with E-state index in [0.29, 0.717) is 6.61 Å². The molecule has 0 bridgehead atoms. The first-order chi connectivity index (χ1) is 7.79. The summed E-state index contributed by atoms with van der Waals surface area (Å²) in [7, 11) is 0. The number of benzene rings is 1. The molecule has 0 aliphatic heterocycles. The first kappa shape index (κ1) is 12.7. The van der Waals surface area contributed by atoms with Gasteiger partial charge in [0.2, 0.25) is 0 Å². The molecule has 3 heteroatoms. The summed E-state index contributed by atoms with van der Waals surface area (Å²) in [5, 5.41) is 9.21. The Morgan fingerprint density at radius 1 is 1.38 bits per heavy atom.